The molecule has 29 heavy (non-hydrogen) atoms. The maximum absolute atomic E-state index is 2.37. The van der Waals surface area contributed by atoms with Crippen molar-refractivity contribution in [1.82, 2.24) is 0 Å². The topological polar surface area (TPSA) is 0 Å². The van der Waals surface area contributed by atoms with Crippen molar-refractivity contribution in [3.05, 3.63) is 90.8 Å². The van der Waals surface area contributed by atoms with Crippen molar-refractivity contribution in [2.24, 2.45) is 11.8 Å². The Bertz CT molecular complexity index is 709. The molecule has 0 saturated heterocycles. The van der Waals surface area contributed by atoms with Gasteiger partial charge in [0.25, 0.3) is 0 Å². The first-order valence-electron chi connectivity index (χ1n) is 10.2. The molecule has 0 aliphatic heterocycles. The fraction of sp³-hybridized carbons (Fsp3) is 0.360. The molecule has 0 radical (unpaired) electrons. The van der Waals surface area contributed by atoms with Crippen LogP contribution in [0, 0.1) is 24.7 Å². The summed E-state index contributed by atoms with van der Waals surface area (Å²) in [6.07, 6.45) is 26.1. The van der Waals surface area contributed by atoms with Crippen LogP contribution in [0.2, 0.25) is 6.55 Å². The van der Waals surface area contributed by atoms with Crippen LogP contribution in [0.3, 0.4) is 0 Å². The van der Waals surface area contributed by atoms with Gasteiger partial charge in [0, 0.05) is 0 Å². The molecule has 0 amide bonds. The van der Waals surface area contributed by atoms with E-state index in [0.717, 1.165) is 11.8 Å². The third-order valence-corrected chi connectivity index (χ3v) is 8.96. The van der Waals surface area contributed by atoms with Gasteiger partial charge in [0.15, 0.2) is 0 Å². The zero-order chi connectivity index (χ0) is 18.9. The molecule has 5 rings (SSSR count). The molecule has 0 N–H and O–H groups in total. The number of hydrogen-bond acceptors (Lipinski definition) is 0. The molecule has 0 aromatic heterocycles. The number of fused-ring (bicyclic) bond motifs is 2. The van der Waals surface area contributed by atoms with Crippen molar-refractivity contribution in [3.8, 4) is 0 Å². The van der Waals surface area contributed by atoms with Gasteiger partial charge >= 0.3 is 70.8 Å². The molecule has 2 fully saturated rings. The molecule has 4 heteroatoms. The average molecular weight is 521 g/mol. The van der Waals surface area contributed by atoms with E-state index in [4.69, 9.17) is 0 Å². The van der Waals surface area contributed by atoms with Crippen LogP contribution in [-0.4, -0.2) is 5.43 Å². The molecule has 2 saturated carbocycles. The molecular formula is C25H30Cl2SiZr-2. The van der Waals surface area contributed by atoms with Gasteiger partial charge in [-0.3, -0.25) is 0 Å². The molecule has 2 atom stereocenters. The van der Waals surface area contributed by atoms with Gasteiger partial charge in [-0.2, -0.15) is 0 Å². The van der Waals surface area contributed by atoms with Crippen LogP contribution in [-0.2, 0) is 23.3 Å². The zero-order valence-electron chi connectivity index (χ0n) is 17.2. The van der Waals surface area contributed by atoms with Crippen molar-refractivity contribution in [3.63, 3.8) is 0 Å². The number of rotatable bonds is 1. The van der Waals surface area contributed by atoms with Crippen molar-refractivity contribution >= 4 is 10.6 Å². The summed E-state index contributed by atoms with van der Waals surface area (Å²) < 4.78 is 0. The van der Waals surface area contributed by atoms with Crippen molar-refractivity contribution in [2.75, 3.05) is 0 Å². The maximum Gasteiger partial charge on any atom is -1.00 e. The monoisotopic (exact) mass is 518 g/mol. The summed E-state index contributed by atoms with van der Waals surface area (Å²) in [6, 6.07) is 10.8. The molecular weight excluding hydrogens is 490 g/mol. The van der Waals surface area contributed by atoms with Crippen LogP contribution < -0.4 is 30.0 Å². The van der Waals surface area contributed by atoms with Crippen molar-refractivity contribution in [2.45, 2.75) is 45.1 Å². The summed E-state index contributed by atoms with van der Waals surface area (Å²) in [5.41, 5.74) is 3.04. The minimum absolute atomic E-state index is 0. The first-order valence-corrected chi connectivity index (χ1v) is 15.9. The molecule has 154 valence electrons. The van der Waals surface area contributed by atoms with Gasteiger partial charge in [-0.1, -0.05) is 12.8 Å². The third kappa shape index (κ3) is 8.70. The Kier molecular flexibility index (Phi) is 13.4. The summed E-state index contributed by atoms with van der Waals surface area (Å²) in [6.45, 7) is 2.35. The molecule has 0 nitrogen and oxygen atoms in total. The van der Waals surface area contributed by atoms with E-state index in [0.29, 0.717) is 0 Å². The second-order valence-corrected chi connectivity index (χ2v) is 15.0. The number of benzene rings is 1. The van der Waals surface area contributed by atoms with E-state index in [1.54, 1.807) is 39.7 Å². The SMILES string of the molecule is C1=CCC2CC[CH-]C2=C1.C1=CCC2CC[CH-]C2=C1.C[Si](=[Zr+2])c1ccccc1.[Cl-].[Cl-]. The predicted octanol–water partition coefficient (Wildman–Crippen LogP) is 0.0437. The second kappa shape index (κ2) is 14.6. The predicted molar refractivity (Wildman–Crippen MR) is 115 cm³/mol. The van der Waals surface area contributed by atoms with Gasteiger partial charge in [-0.15, -0.1) is 37.1 Å². The summed E-state index contributed by atoms with van der Waals surface area (Å²) in [5, 5.41) is 1.56. The van der Waals surface area contributed by atoms with Gasteiger partial charge < -0.3 is 24.8 Å². The Labute approximate surface area is 205 Å². The van der Waals surface area contributed by atoms with Gasteiger partial charge in [0.05, 0.1) is 0 Å². The van der Waals surface area contributed by atoms with E-state index in [2.05, 4.69) is 86.2 Å². The first-order chi connectivity index (χ1) is 13.2. The van der Waals surface area contributed by atoms with E-state index in [9.17, 15) is 0 Å². The number of hydrogen-bond donors (Lipinski definition) is 0. The standard InChI is InChI=1S/2C9H11.C7H8Si.2ClH.Zr/c2*1-2-5-9-7-3-6-8(9)4-1;1-8-7-5-3-2-4-6-7;;;/h2*1-2,4,6,9H,3,5,7H2;2-6H,1H3;2*1H;/q2*-1;;;;+2/p-2. The Morgan fingerprint density at radius 2 is 1.31 bits per heavy atom. The van der Waals surface area contributed by atoms with Crippen LogP contribution >= 0.6 is 0 Å². The van der Waals surface area contributed by atoms with E-state index in [-0.39, 0.29) is 30.2 Å². The van der Waals surface area contributed by atoms with Crippen LogP contribution in [0.15, 0.2) is 77.9 Å². The minimum Gasteiger partial charge on any atom is -1.00 e. The van der Waals surface area contributed by atoms with E-state index >= 15 is 0 Å². The molecule has 1 aromatic carbocycles. The summed E-state index contributed by atoms with van der Waals surface area (Å²) in [7, 11) is 0. The van der Waals surface area contributed by atoms with E-state index in [1.807, 2.05) is 0 Å². The summed E-state index contributed by atoms with van der Waals surface area (Å²) in [5.74, 6) is 1.77. The van der Waals surface area contributed by atoms with Crippen molar-refractivity contribution in [1.29, 1.82) is 0 Å². The fourth-order valence-corrected chi connectivity index (χ4v) is 5.94. The minimum atomic E-state index is -0.122. The van der Waals surface area contributed by atoms with Crippen LogP contribution in [0.25, 0.3) is 0 Å². The average Bonchev–Trinajstić information content (AvgIpc) is 3.39. The van der Waals surface area contributed by atoms with Gasteiger partial charge in [0.2, 0.25) is 0 Å². The van der Waals surface area contributed by atoms with Crippen LogP contribution in [0.1, 0.15) is 38.5 Å². The number of allylic oxidation sites excluding steroid dienone is 8. The summed E-state index contributed by atoms with van der Waals surface area (Å²) >= 11 is 1.69. The normalized spacial score (nSPS) is 22.2. The Morgan fingerprint density at radius 1 is 0.828 bits per heavy atom. The molecule has 1 aromatic rings. The first kappa shape index (κ1) is 26.6. The zero-order valence-corrected chi connectivity index (χ0v) is 22.1. The van der Waals surface area contributed by atoms with Gasteiger partial charge in [-0.05, 0) is 24.7 Å². The van der Waals surface area contributed by atoms with Crippen LogP contribution in [0.4, 0.5) is 0 Å². The van der Waals surface area contributed by atoms with E-state index < -0.39 is 0 Å². The molecule has 2 unspecified atom stereocenters. The Morgan fingerprint density at radius 3 is 1.69 bits per heavy atom. The van der Waals surface area contributed by atoms with Crippen LogP contribution in [0.5, 0.6) is 0 Å². The third-order valence-electron chi connectivity index (χ3n) is 5.63. The summed E-state index contributed by atoms with van der Waals surface area (Å²) in [4.78, 5) is 0. The molecule has 4 aliphatic rings. The molecule has 4 aliphatic carbocycles. The van der Waals surface area contributed by atoms with Gasteiger partial charge in [-0.25, -0.2) is 36.1 Å². The van der Waals surface area contributed by atoms with E-state index in [1.165, 1.54) is 38.5 Å². The quantitative estimate of drug-likeness (QED) is 0.363. The molecule has 0 spiro atoms. The Hall–Kier alpha value is -0.400. The molecule has 0 bridgehead atoms. The fourth-order valence-electron chi connectivity index (χ4n) is 4.02. The maximum atomic E-state index is 2.37. The largest absolute Gasteiger partial charge is 1.00 e. The number of halogens is 2. The smallest absolute Gasteiger partial charge is 1.00 e. The van der Waals surface area contributed by atoms with Gasteiger partial charge in [0.1, 0.15) is 0 Å². The molecule has 0 heterocycles. The second-order valence-electron chi connectivity index (χ2n) is 7.61. The Balaban J connectivity index is 0.000000210. The van der Waals surface area contributed by atoms with Crippen molar-refractivity contribution < 1.29 is 48.1 Å².